The molecule has 2 heterocycles. The lowest BCUT2D eigenvalue weighted by molar-refractivity contribution is 0.0687. The number of carbonyl (C=O) groups is 1. The van der Waals surface area contributed by atoms with Gasteiger partial charge in [-0.25, -0.2) is 14.8 Å². The second-order valence-electron chi connectivity index (χ2n) is 3.03. The number of aromatic carboxylic acids is 1. The predicted molar refractivity (Wildman–Crippen MR) is 57.2 cm³/mol. The molecule has 0 spiro atoms. The highest BCUT2D eigenvalue weighted by Gasteiger charge is 2.13. The Morgan fingerprint density at radius 1 is 1.60 bits per heavy atom. The minimum Gasteiger partial charge on any atom is -0.477 e. The summed E-state index contributed by atoms with van der Waals surface area (Å²) in [6.07, 6.45) is 3.52. The number of aromatic nitrogens is 3. The number of nitrogens with zero attached hydrogens (tertiary/aromatic N) is 3. The highest BCUT2D eigenvalue weighted by Crippen LogP contribution is 2.18. The van der Waals surface area contributed by atoms with E-state index < -0.39 is 5.97 Å². The van der Waals surface area contributed by atoms with E-state index in [-0.39, 0.29) is 5.69 Å². The first-order chi connectivity index (χ1) is 7.13. The Balaban J connectivity index is 2.72. The van der Waals surface area contributed by atoms with E-state index in [1.165, 1.54) is 11.8 Å². The minimum absolute atomic E-state index is 0.220. The van der Waals surface area contributed by atoms with Gasteiger partial charge in [0.15, 0.2) is 5.16 Å². The topological polar surface area (TPSA) is 68.0 Å². The lowest BCUT2D eigenvalue weighted by atomic mass is 10.4. The third-order valence-electron chi connectivity index (χ3n) is 2.15. The van der Waals surface area contributed by atoms with Crippen LogP contribution in [0.4, 0.5) is 0 Å². The number of hydrogen-bond donors (Lipinski definition) is 1. The molecule has 0 unspecified atom stereocenters. The number of hydrogen-bond acceptors (Lipinski definition) is 4. The van der Waals surface area contributed by atoms with Crippen molar-refractivity contribution in [1.29, 1.82) is 0 Å². The molecule has 2 rings (SSSR count). The van der Waals surface area contributed by atoms with Gasteiger partial charge in [-0.3, -0.25) is 0 Å². The Bertz CT molecular complexity index is 535. The van der Waals surface area contributed by atoms with Crippen LogP contribution in [0.25, 0.3) is 11.0 Å². The van der Waals surface area contributed by atoms with Crippen LogP contribution in [-0.2, 0) is 7.05 Å². The van der Waals surface area contributed by atoms with Crippen molar-refractivity contribution in [3.05, 3.63) is 18.0 Å². The lowest BCUT2D eigenvalue weighted by Crippen LogP contribution is -2.04. The molecule has 15 heavy (non-hydrogen) atoms. The summed E-state index contributed by atoms with van der Waals surface area (Å²) >= 11 is 1.43. The predicted octanol–water partition coefficient (Wildman–Crippen LogP) is 1.39. The maximum absolute atomic E-state index is 10.9. The maximum atomic E-state index is 10.9. The molecule has 0 saturated carbocycles. The molecule has 0 aromatic carbocycles. The summed E-state index contributed by atoms with van der Waals surface area (Å²) < 4.78 is 1.55. The number of fused-ring (bicyclic) bond motifs is 1. The van der Waals surface area contributed by atoms with Gasteiger partial charge in [0.1, 0.15) is 11.3 Å². The summed E-state index contributed by atoms with van der Waals surface area (Å²) in [7, 11) is 1.68. The van der Waals surface area contributed by atoms with Crippen molar-refractivity contribution in [2.45, 2.75) is 5.16 Å². The second kappa shape index (κ2) is 3.54. The van der Waals surface area contributed by atoms with E-state index in [2.05, 4.69) is 9.97 Å². The van der Waals surface area contributed by atoms with Crippen LogP contribution in [-0.4, -0.2) is 31.9 Å². The zero-order chi connectivity index (χ0) is 11.0. The third kappa shape index (κ3) is 1.56. The van der Waals surface area contributed by atoms with Gasteiger partial charge >= 0.3 is 5.97 Å². The zero-order valence-electron chi connectivity index (χ0n) is 8.26. The smallest absolute Gasteiger partial charge is 0.352 e. The van der Waals surface area contributed by atoms with Crippen molar-refractivity contribution in [3.63, 3.8) is 0 Å². The number of thioether (sulfide) groups is 1. The van der Waals surface area contributed by atoms with Crippen LogP contribution in [0, 0.1) is 0 Å². The Labute approximate surface area is 90.1 Å². The number of carboxylic acid groups (broad SMARTS) is 1. The van der Waals surface area contributed by atoms with Crippen molar-refractivity contribution in [2.24, 2.45) is 7.05 Å². The molecular formula is C9H9N3O2S. The minimum atomic E-state index is -0.957. The SMILES string of the molecule is CSc1ncc2cc(C(=O)O)n(C)c2n1. The van der Waals surface area contributed by atoms with Gasteiger partial charge in [-0.05, 0) is 12.3 Å². The molecule has 0 atom stereocenters. The molecule has 2 aromatic heterocycles. The molecule has 1 N–H and O–H groups in total. The fraction of sp³-hybridized carbons (Fsp3) is 0.222. The molecule has 0 radical (unpaired) electrons. The average Bonchev–Trinajstić information content (AvgIpc) is 2.56. The highest BCUT2D eigenvalue weighted by molar-refractivity contribution is 7.98. The fourth-order valence-corrected chi connectivity index (χ4v) is 1.73. The Morgan fingerprint density at radius 2 is 2.33 bits per heavy atom. The lowest BCUT2D eigenvalue weighted by Gasteiger charge is -1.99. The van der Waals surface area contributed by atoms with E-state index in [1.54, 1.807) is 23.9 Å². The van der Waals surface area contributed by atoms with Gasteiger partial charge < -0.3 is 9.67 Å². The van der Waals surface area contributed by atoms with Crippen LogP contribution in [0.15, 0.2) is 17.4 Å². The van der Waals surface area contributed by atoms with E-state index in [0.717, 1.165) is 5.39 Å². The Kier molecular flexibility index (Phi) is 2.36. The van der Waals surface area contributed by atoms with Crippen molar-refractivity contribution in [2.75, 3.05) is 6.26 Å². The highest BCUT2D eigenvalue weighted by atomic mass is 32.2. The van der Waals surface area contributed by atoms with E-state index >= 15 is 0 Å². The molecule has 0 fully saturated rings. The van der Waals surface area contributed by atoms with Crippen LogP contribution in [0.5, 0.6) is 0 Å². The quantitative estimate of drug-likeness (QED) is 0.615. The van der Waals surface area contributed by atoms with Crippen molar-refractivity contribution >= 4 is 28.8 Å². The molecule has 2 aromatic rings. The first-order valence-electron chi connectivity index (χ1n) is 4.23. The maximum Gasteiger partial charge on any atom is 0.352 e. The number of aryl methyl sites for hydroxylation is 1. The summed E-state index contributed by atoms with van der Waals surface area (Å²) in [5, 5.41) is 10.3. The third-order valence-corrected chi connectivity index (χ3v) is 2.71. The largest absolute Gasteiger partial charge is 0.477 e. The standard InChI is InChI=1S/C9H9N3O2S/c1-12-6(8(13)14)3-5-4-10-9(15-2)11-7(5)12/h3-4H,1-2H3,(H,13,14). The van der Waals surface area contributed by atoms with Crippen molar-refractivity contribution in [1.82, 2.24) is 14.5 Å². The summed E-state index contributed by atoms with van der Waals surface area (Å²) in [4.78, 5) is 19.2. The van der Waals surface area contributed by atoms with E-state index in [4.69, 9.17) is 5.11 Å². The summed E-state index contributed by atoms with van der Waals surface area (Å²) in [5.74, 6) is -0.957. The molecule has 0 bridgehead atoms. The molecule has 0 aliphatic carbocycles. The van der Waals surface area contributed by atoms with Gasteiger partial charge in [-0.2, -0.15) is 0 Å². The van der Waals surface area contributed by atoms with Gasteiger partial charge in [0.05, 0.1) is 0 Å². The second-order valence-corrected chi connectivity index (χ2v) is 3.80. The molecule has 6 heteroatoms. The normalized spacial score (nSPS) is 10.8. The summed E-state index contributed by atoms with van der Waals surface area (Å²) in [6.45, 7) is 0. The fourth-order valence-electron chi connectivity index (χ4n) is 1.40. The van der Waals surface area contributed by atoms with E-state index in [9.17, 15) is 4.79 Å². The van der Waals surface area contributed by atoms with Crippen LogP contribution >= 0.6 is 11.8 Å². The van der Waals surface area contributed by atoms with Crippen molar-refractivity contribution < 1.29 is 9.90 Å². The van der Waals surface area contributed by atoms with Crippen LogP contribution in [0.1, 0.15) is 10.5 Å². The molecule has 0 aliphatic heterocycles. The van der Waals surface area contributed by atoms with E-state index in [0.29, 0.717) is 10.8 Å². The zero-order valence-corrected chi connectivity index (χ0v) is 9.08. The molecule has 78 valence electrons. The molecule has 5 nitrogen and oxygen atoms in total. The summed E-state index contributed by atoms with van der Waals surface area (Å²) in [6, 6.07) is 1.57. The van der Waals surface area contributed by atoms with Gasteiger partial charge in [-0.15, -0.1) is 0 Å². The Hall–Kier alpha value is -1.56. The first kappa shape index (κ1) is 9.97. The molecule has 0 saturated heterocycles. The van der Waals surface area contributed by atoms with Crippen LogP contribution in [0.3, 0.4) is 0 Å². The van der Waals surface area contributed by atoms with Gasteiger partial charge in [0, 0.05) is 18.6 Å². The van der Waals surface area contributed by atoms with Crippen LogP contribution < -0.4 is 0 Å². The first-order valence-corrected chi connectivity index (χ1v) is 5.45. The molecule has 0 aliphatic rings. The molecule has 0 amide bonds. The number of carboxylic acids is 1. The van der Waals surface area contributed by atoms with Gasteiger partial charge in [0.25, 0.3) is 0 Å². The molecular weight excluding hydrogens is 214 g/mol. The van der Waals surface area contributed by atoms with Gasteiger partial charge in [0.2, 0.25) is 0 Å². The summed E-state index contributed by atoms with van der Waals surface area (Å²) in [5.41, 5.74) is 0.865. The monoisotopic (exact) mass is 223 g/mol. The Morgan fingerprint density at radius 3 is 2.93 bits per heavy atom. The van der Waals surface area contributed by atoms with Gasteiger partial charge in [-0.1, -0.05) is 11.8 Å². The van der Waals surface area contributed by atoms with Crippen molar-refractivity contribution in [3.8, 4) is 0 Å². The van der Waals surface area contributed by atoms with E-state index in [1.807, 2.05) is 6.26 Å². The average molecular weight is 223 g/mol. The number of rotatable bonds is 2. The van der Waals surface area contributed by atoms with Crippen LogP contribution in [0.2, 0.25) is 0 Å².